The van der Waals surface area contributed by atoms with Crippen LogP contribution >= 0.6 is 11.3 Å². The zero-order valence-electron chi connectivity index (χ0n) is 15.0. The molecule has 1 N–H and O–H groups in total. The first kappa shape index (κ1) is 18.4. The number of benzene rings is 2. The molecule has 0 spiro atoms. The number of aryl methyl sites for hydroxylation is 1. The highest BCUT2D eigenvalue weighted by atomic mass is 32.2. The summed E-state index contributed by atoms with van der Waals surface area (Å²) >= 11 is 1.16. The fraction of sp³-hybridized carbons (Fsp3) is 0.100. The molecule has 2 heterocycles. The molecule has 4 aromatic rings. The molecule has 142 valence electrons. The molecular formula is C20H17N3O3S2. The van der Waals surface area contributed by atoms with Crippen LogP contribution in [-0.4, -0.2) is 18.6 Å². The second-order valence-electron chi connectivity index (χ2n) is 6.28. The van der Waals surface area contributed by atoms with Crippen molar-refractivity contribution in [3.05, 3.63) is 83.1 Å². The van der Waals surface area contributed by atoms with Crippen molar-refractivity contribution in [2.75, 3.05) is 4.72 Å². The number of nitrogens with zero attached hydrogens (tertiary/aromatic N) is 2. The second kappa shape index (κ2) is 7.57. The summed E-state index contributed by atoms with van der Waals surface area (Å²) in [4.78, 5) is 0. The maximum atomic E-state index is 12.4. The molecule has 28 heavy (non-hydrogen) atoms. The number of hydrogen-bond acceptors (Lipinski definition) is 6. The highest BCUT2D eigenvalue weighted by molar-refractivity contribution is 7.94. The lowest BCUT2D eigenvalue weighted by atomic mass is 10.1. The van der Waals surface area contributed by atoms with E-state index < -0.39 is 10.0 Å². The van der Waals surface area contributed by atoms with Crippen LogP contribution in [0.15, 0.2) is 74.7 Å². The zero-order chi connectivity index (χ0) is 19.6. The Balaban J connectivity index is 1.53. The minimum absolute atomic E-state index is 0.260. The Morgan fingerprint density at radius 1 is 1.04 bits per heavy atom. The van der Waals surface area contributed by atoms with Gasteiger partial charge >= 0.3 is 0 Å². The molecule has 0 atom stereocenters. The van der Waals surface area contributed by atoms with Crippen LogP contribution in [0.1, 0.15) is 17.0 Å². The molecule has 0 aliphatic carbocycles. The lowest BCUT2D eigenvalue weighted by Crippen LogP contribution is -2.11. The van der Waals surface area contributed by atoms with E-state index in [1.807, 2.05) is 31.2 Å². The Kier molecular flexibility index (Phi) is 4.97. The monoisotopic (exact) mass is 411 g/mol. The molecule has 2 aromatic heterocycles. The van der Waals surface area contributed by atoms with E-state index in [0.29, 0.717) is 29.5 Å². The van der Waals surface area contributed by atoms with Gasteiger partial charge in [-0.2, -0.15) is 0 Å². The number of sulfonamides is 1. The highest BCUT2D eigenvalue weighted by Gasteiger charge is 2.16. The zero-order valence-corrected chi connectivity index (χ0v) is 16.6. The minimum atomic E-state index is -3.61. The summed E-state index contributed by atoms with van der Waals surface area (Å²) < 4.78 is 33.4. The third kappa shape index (κ3) is 4.13. The molecule has 0 fully saturated rings. The Hall–Kier alpha value is -2.97. The van der Waals surface area contributed by atoms with Gasteiger partial charge in [-0.25, -0.2) is 8.42 Å². The SMILES string of the molecule is Cc1ccc(Cc2nnc(-c3cccc(NS(=O)(=O)c4cccs4)c3)o2)cc1. The Labute approximate surface area is 166 Å². The van der Waals surface area contributed by atoms with E-state index in [1.54, 1.807) is 41.8 Å². The summed E-state index contributed by atoms with van der Waals surface area (Å²) in [6, 6.07) is 18.3. The van der Waals surface area contributed by atoms with Crippen LogP contribution in [0.5, 0.6) is 0 Å². The van der Waals surface area contributed by atoms with Gasteiger partial charge in [-0.1, -0.05) is 42.0 Å². The normalized spacial score (nSPS) is 11.5. The van der Waals surface area contributed by atoms with Crippen molar-refractivity contribution in [3.63, 3.8) is 0 Å². The molecule has 0 radical (unpaired) electrons. The van der Waals surface area contributed by atoms with E-state index >= 15 is 0 Å². The van der Waals surface area contributed by atoms with Gasteiger partial charge in [0.2, 0.25) is 11.8 Å². The molecule has 8 heteroatoms. The Bertz CT molecular complexity index is 1180. The summed E-state index contributed by atoms with van der Waals surface area (Å²) in [7, 11) is -3.61. The van der Waals surface area contributed by atoms with Crippen LogP contribution < -0.4 is 4.72 Å². The van der Waals surface area contributed by atoms with Crippen LogP contribution in [0.25, 0.3) is 11.5 Å². The van der Waals surface area contributed by atoms with Crippen molar-refractivity contribution in [2.24, 2.45) is 0 Å². The van der Waals surface area contributed by atoms with Crippen LogP contribution in [0.4, 0.5) is 5.69 Å². The first-order valence-corrected chi connectivity index (χ1v) is 10.9. The summed E-state index contributed by atoms with van der Waals surface area (Å²) in [5.41, 5.74) is 3.35. The van der Waals surface area contributed by atoms with E-state index in [4.69, 9.17) is 4.42 Å². The van der Waals surface area contributed by atoms with Crippen molar-refractivity contribution in [2.45, 2.75) is 17.6 Å². The quantitative estimate of drug-likeness (QED) is 0.505. The third-order valence-electron chi connectivity index (χ3n) is 4.06. The van der Waals surface area contributed by atoms with Gasteiger partial charge in [0.25, 0.3) is 10.0 Å². The van der Waals surface area contributed by atoms with Gasteiger partial charge in [0, 0.05) is 11.3 Å². The fourth-order valence-electron chi connectivity index (χ4n) is 2.66. The van der Waals surface area contributed by atoms with Gasteiger partial charge in [-0.15, -0.1) is 21.5 Å². The van der Waals surface area contributed by atoms with Crippen molar-refractivity contribution >= 4 is 27.0 Å². The average molecular weight is 412 g/mol. The predicted octanol–water partition coefficient (Wildman–Crippen LogP) is 4.50. The second-order valence-corrected chi connectivity index (χ2v) is 9.14. The first-order chi connectivity index (χ1) is 13.5. The summed E-state index contributed by atoms with van der Waals surface area (Å²) in [6.45, 7) is 2.04. The van der Waals surface area contributed by atoms with Gasteiger partial charge in [-0.3, -0.25) is 4.72 Å². The van der Waals surface area contributed by atoms with Crippen molar-refractivity contribution in [1.82, 2.24) is 10.2 Å². The van der Waals surface area contributed by atoms with Gasteiger partial charge < -0.3 is 4.42 Å². The number of thiophene rings is 1. The topological polar surface area (TPSA) is 85.1 Å². The van der Waals surface area contributed by atoms with Crippen molar-refractivity contribution in [1.29, 1.82) is 0 Å². The summed E-state index contributed by atoms with van der Waals surface area (Å²) in [5, 5.41) is 9.92. The fourth-order valence-corrected chi connectivity index (χ4v) is 4.70. The third-order valence-corrected chi connectivity index (χ3v) is 6.84. The van der Waals surface area contributed by atoms with Crippen molar-refractivity contribution < 1.29 is 12.8 Å². The van der Waals surface area contributed by atoms with E-state index in [1.165, 1.54) is 5.56 Å². The molecule has 0 aliphatic rings. The van der Waals surface area contributed by atoms with Crippen LogP contribution in [0.3, 0.4) is 0 Å². The largest absolute Gasteiger partial charge is 0.420 e. The standard InChI is InChI=1S/C20H17N3O3S2/c1-14-7-9-15(10-8-14)12-18-21-22-20(26-18)16-4-2-5-17(13-16)23-28(24,25)19-6-3-11-27-19/h2-11,13,23H,12H2,1H3. The van der Waals surface area contributed by atoms with E-state index in [-0.39, 0.29) is 4.21 Å². The lowest BCUT2D eigenvalue weighted by molar-refractivity contribution is 0.518. The van der Waals surface area contributed by atoms with E-state index in [0.717, 1.165) is 16.9 Å². The molecule has 0 amide bonds. The Morgan fingerprint density at radius 3 is 2.61 bits per heavy atom. The molecule has 0 saturated carbocycles. The molecule has 0 saturated heterocycles. The van der Waals surface area contributed by atoms with Crippen molar-refractivity contribution in [3.8, 4) is 11.5 Å². The van der Waals surface area contributed by atoms with Gasteiger partial charge in [0.1, 0.15) is 4.21 Å². The van der Waals surface area contributed by atoms with E-state index in [9.17, 15) is 8.42 Å². The average Bonchev–Trinajstić information content (AvgIpc) is 3.36. The molecule has 0 bridgehead atoms. The molecule has 0 aliphatic heterocycles. The Morgan fingerprint density at radius 2 is 1.86 bits per heavy atom. The van der Waals surface area contributed by atoms with Gasteiger partial charge in [-0.05, 0) is 42.1 Å². The molecule has 0 unspecified atom stereocenters. The molecule has 6 nitrogen and oxygen atoms in total. The smallest absolute Gasteiger partial charge is 0.271 e. The lowest BCUT2D eigenvalue weighted by Gasteiger charge is -2.06. The number of anilines is 1. The predicted molar refractivity (Wildman–Crippen MR) is 109 cm³/mol. The number of rotatable bonds is 6. The van der Waals surface area contributed by atoms with E-state index in [2.05, 4.69) is 14.9 Å². The summed E-state index contributed by atoms with van der Waals surface area (Å²) in [5.74, 6) is 0.850. The first-order valence-electron chi connectivity index (χ1n) is 8.54. The van der Waals surface area contributed by atoms with Crippen LogP contribution in [-0.2, 0) is 16.4 Å². The van der Waals surface area contributed by atoms with Gasteiger partial charge in [0.05, 0.1) is 6.42 Å². The maximum absolute atomic E-state index is 12.4. The number of nitrogens with one attached hydrogen (secondary N) is 1. The number of aromatic nitrogens is 2. The summed E-state index contributed by atoms with van der Waals surface area (Å²) in [6.07, 6.45) is 0.540. The van der Waals surface area contributed by atoms with Crippen LogP contribution in [0.2, 0.25) is 0 Å². The minimum Gasteiger partial charge on any atom is -0.420 e. The molecular weight excluding hydrogens is 394 g/mol. The molecule has 2 aromatic carbocycles. The van der Waals surface area contributed by atoms with Gasteiger partial charge in [0.15, 0.2) is 0 Å². The highest BCUT2D eigenvalue weighted by Crippen LogP contribution is 2.25. The molecule has 4 rings (SSSR count). The van der Waals surface area contributed by atoms with Crippen LogP contribution in [0, 0.1) is 6.92 Å². The number of hydrogen-bond donors (Lipinski definition) is 1. The maximum Gasteiger partial charge on any atom is 0.271 e.